The van der Waals surface area contributed by atoms with Crippen molar-refractivity contribution in [1.29, 1.82) is 0 Å². The van der Waals surface area contributed by atoms with E-state index in [9.17, 15) is 0 Å². The molecule has 1 heterocycles. The Morgan fingerprint density at radius 3 is 2.69 bits per heavy atom. The predicted octanol–water partition coefficient (Wildman–Crippen LogP) is 2.95. The van der Waals surface area contributed by atoms with E-state index in [0.717, 1.165) is 10.6 Å². The summed E-state index contributed by atoms with van der Waals surface area (Å²) in [6.07, 6.45) is 3.98. The van der Waals surface area contributed by atoms with Crippen molar-refractivity contribution in [3.05, 3.63) is 35.6 Å². The largest absolute Gasteiger partial charge is 0.249 e. The van der Waals surface area contributed by atoms with Crippen LogP contribution in [0.3, 0.4) is 0 Å². The maximum Gasteiger partial charge on any atom is 0.106 e. The van der Waals surface area contributed by atoms with Crippen LogP contribution in [0, 0.1) is 0 Å². The molecule has 0 aliphatic rings. The fourth-order valence-electron chi connectivity index (χ4n) is 1.25. The van der Waals surface area contributed by atoms with Gasteiger partial charge in [-0.3, -0.25) is 0 Å². The number of hydrogen-bond acceptors (Lipinski definition) is 1. The molecule has 0 unspecified atom stereocenters. The molecule has 3 heteroatoms. The van der Waals surface area contributed by atoms with Gasteiger partial charge >= 0.3 is 0 Å². The van der Waals surface area contributed by atoms with Gasteiger partial charge in [0.25, 0.3) is 0 Å². The maximum atomic E-state index is 4.24. The lowest BCUT2D eigenvalue weighted by Crippen LogP contribution is -2.40. The van der Waals surface area contributed by atoms with E-state index in [-0.39, 0.29) is 0 Å². The minimum atomic E-state index is -1.30. The van der Waals surface area contributed by atoms with Crippen molar-refractivity contribution in [2.24, 2.45) is 0 Å². The molecule has 0 bridgehead atoms. The average molecular weight is 256 g/mol. The molecule has 0 fully saturated rings. The first kappa shape index (κ1) is 10.7. The van der Waals surface area contributed by atoms with Crippen molar-refractivity contribution in [3.8, 4) is 0 Å². The first-order valence-electron chi connectivity index (χ1n) is 4.29. The highest BCUT2D eigenvalue weighted by molar-refractivity contribution is 9.10. The molecule has 0 N–H and O–H groups in total. The number of hydrogen-bond donors (Lipinski definition) is 0. The van der Waals surface area contributed by atoms with Crippen LogP contribution in [0.4, 0.5) is 0 Å². The van der Waals surface area contributed by atoms with E-state index in [1.54, 1.807) is 0 Å². The van der Waals surface area contributed by atoms with Gasteiger partial charge in [-0.2, -0.15) is 0 Å². The van der Waals surface area contributed by atoms with Crippen LogP contribution < -0.4 is 5.19 Å². The summed E-state index contributed by atoms with van der Waals surface area (Å²) in [4.78, 5) is 4.24. The second-order valence-electron chi connectivity index (χ2n) is 3.75. The summed E-state index contributed by atoms with van der Waals surface area (Å²) in [5.41, 5.74) is 0. The molecule has 1 aromatic rings. The van der Waals surface area contributed by atoms with Gasteiger partial charge < -0.3 is 0 Å². The summed E-state index contributed by atoms with van der Waals surface area (Å²) in [6.45, 7) is 8.46. The summed E-state index contributed by atoms with van der Waals surface area (Å²) < 4.78 is 0.902. The minimum Gasteiger partial charge on any atom is -0.249 e. The molecule has 0 aliphatic heterocycles. The highest BCUT2D eigenvalue weighted by Crippen LogP contribution is 2.11. The summed E-state index contributed by atoms with van der Waals surface area (Å²) >= 11 is 3.34. The number of pyridine rings is 1. The zero-order chi connectivity index (χ0) is 9.90. The molecule has 0 radical (unpaired) electrons. The van der Waals surface area contributed by atoms with E-state index in [1.807, 2.05) is 18.3 Å². The molecule has 13 heavy (non-hydrogen) atoms. The Kier molecular flexibility index (Phi) is 3.45. The van der Waals surface area contributed by atoms with Crippen LogP contribution in [-0.4, -0.2) is 13.1 Å². The third-order valence-corrected chi connectivity index (χ3v) is 5.80. The van der Waals surface area contributed by atoms with Crippen molar-refractivity contribution in [2.75, 3.05) is 0 Å². The molecular weight excluding hydrogens is 242 g/mol. The van der Waals surface area contributed by atoms with Crippen molar-refractivity contribution in [1.82, 2.24) is 4.98 Å². The Morgan fingerprint density at radius 1 is 1.54 bits per heavy atom. The molecule has 0 amide bonds. The Bertz CT molecular complexity index is 292. The molecule has 0 spiro atoms. The maximum absolute atomic E-state index is 4.24. The van der Waals surface area contributed by atoms with Gasteiger partial charge in [-0.05, 0) is 33.2 Å². The summed E-state index contributed by atoms with van der Waals surface area (Å²) in [7, 11) is -1.30. The Balaban J connectivity index is 2.93. The lowest BCUT2D eigenvalue weighted by Gasteiger charge is -2.20. The number of allylic oxidation sites excluding steroid dienone is 1. The lowest BCUT2D eigenvalue weighted by molar-refractivity contribution is 1.29. The van der Waals surface area contributed by atoms with Crippen LogP contribution in [0.25, 0.3) is 0 Å². The number of rotatable bonds is 3. The zero-order valence-corrected chi connectivity index (χ0v) is 10.6. The highest BCUT2D eigenvalue weighted by Gasteiger charge is 2.21. The zero-order valence-electron chi connectivity index (χ0n) is 8.05. The van der Waals surface area contributed by atoms with E-state index < -0.39 is 8.07 Å². The van der Waals surface area contributed by atoms with Gasteiger partial charge in [0.2, 0.25) is 0 Å². The summed E-state index contributed by atoms with van der Waals surface area (Å²) in [6, 6.07) is 5.27. The molecule has 70 valence electrons. The molecule has 0 aliphatic carbocycles. The predicted molar refractivity (Wildman–Crippen MR) is 64.1 cm³/mol. The van der Waals surface area contributed by atoms with Gasteiger partial charge in [0.05, 0.1) is 8.07 Å². The smallest absolute Gasteiger partial charge is 0.106 e. The topological polar surface area (TPSA) is 12.9 Å². The van der Waals surface area contributed by atoms with Crippen molar-refractivity contribution < 1.29 is 0 Å². The standard InChI is InChI=1S/C10H14BrNSi/c1-4-7-13(2,3)9-5-6-10(11)12-8-9/h4-6,8H,1,7H2,2-3H3. The first-order chi connectivity index (χ1) is 6.06. The van der Waals surface area contributed by atoms with Crippen molar-refractivity contribution >= 4 is 29.2 Å². The van der Waals surface area contributed by atoms with Gasteiger partial charge in [-0.15, -0.1) is 6.58 Å². The van der Waals surface area contributed by atoms with Crippen LogP contribution in [-0.2, 0) is 0 Å². The van der Waals surface area contributed by atoms with Crippen molar-refractivity contribution in [3.63, 3.8) is 0 Å². The monoisotopic (exact) mass is 255 g/mol. The number of aromatic nitrogens is 1. The average Bonchev–Trinajstić information content (AvgIpc) is 2.05. The third kappa shape index (κ3) is 2.78. The quantitative estimate of drug-likeness (QED) is 0.460. The number of halogens is 1. The SMILES string of the molecule is C=CC[Si](C)(C)c1ccc(Br)nc1. The first-order valence-corrected chi connectivity index (χ1v) is 8.29. The minimum absolute atomic E-state index is 0.902. The van der Waals surface area contributed by atoms with E-state index in [0.29, 0.717) is 0 Å². The van der Waals surface area contributed by atoms with Crippen LogP contribution in [0.15, 0.2) is 35.6 Å². The van der Waals surface area contributed by atoms with Gasteiger partial charge in [0.1, 0.15) is 4.60 Å². The summed E-state index contributed by atoms with van der Waals surface area (Å²) in [5.74, 6) is 0. The molecule has 0 saturated carbocycles. The number of nitrogens with zero attached hydrogens (tertiary/aromatic N) is 1. The molecule has 1 nitrogen and oxygen atoms in total. The van der Waals surface area contributed by atoms with E-state index in [2.05, 4.69) is 46.7 Å². The molecule has 0 saturated heterocycles. The van der Waals surface area contributed by atoms with Crippen LogP contribution in [0.5, 0.6) is 0 Å². The molecule has 0 atom stereocenters. The van der Waals surface area contributed by atoms with Gasteiger partial charge in [-0.25, -0.2) is 4.98 Å². The Labute approximate surface area is 89.0 Å². The van der Waals surface area contributed by atoms with Crippen LogP contribution in [0.2, 0.25) is 19.1 Å². The third-order valence-electron chi connectivity index (χ3n) is 2.16. The lowest BCUT2D eigenvalue weighted by atomic mass is 10.5. The normalized spacial score (nSPS) is 11.3. The van der Waals surface area contributed by atoms with Gasteiger partial charge in [-0.1, -0.05) is 25.2 Å². The van der Waals surface area contributed by atoms with Crippen LogP contribution in [0.1, 0.15) is 0 Å². The van der Waals surface area contributed by atoms with Gasteiger partial charge in [0, 0.05) is 6.20 Å². The van der Waals surface area contributed by atoms with E-state index in [4.69, 9.17) is 0 Å². The molecular formula is C10H14BrNSi. The van der Waals surface area contributed by atoms with Crippen LogP contribution >= 0.6 is 15.9 Å². The van der Waals surface area contributed by atoms with E-state index >= 15 is 0 Å². The van der Waals surface area contributed by atoms with Crippen molar-refractivity contribution in [2.45, 2.75) is 19.1 Å². The van der Waals surface area contributed by atoms with E-state index in [1.165, 1.54) is 5.19 Å². The Morgan fingerprint density at radius 2 is 2.23 bits per heavy atom. The summed E-state index contributed by atoms with van der Waals surface area (Å²) in [5, 5.41) is 1.38. The Hall–Kier alpha value is -0.413. The second-order valence-corrected chi connectivity index (χ2v) is 9.31. The van der Waals surface area contributed by atoms with Gasteiger partial charge in [0.15, 0.2) is 0 Å². The molecule has 0 aromatic carbocycles. The fraction of sp³-hybridized carbons (Fsp3) is 0.300. The second kappa shape index (κ2) is 4.20. The molecule has 1 aromatic heterocycles. The fourth-order valence-corrected chi connectivity index (χ4v) is 3.40. The molecule has 1 rings (SSSR count). The highest BCUT2D eigenvalue weighted by atomic mass is 79.9.